The summed E-state index contributed by atoms with van der Waals surface area (Å²) in [6.45, 7) is 2.06. The lowest BCUT2D eigenvalue weighted by molar-refractivity contribution is 0.415. The summed E-state index contributed by atoms with van der Waals surface area (Å²) in [5.41, 5.74) is 3.19. The molecule has 0 radical (unpaired) electrons. The monoisotopic (exact) mass is 269 g/mol. The minimum absolute atomic E-state index is 0.541. The third kappa shape index (κ3) is 2.33. The number of hydrogen-bond acceptors (Lipinski definition) is 4. The van der Waals surface area contributed by atoms with Crippen molar-refractivity contribution < 1.29 is 4.74 Å². The third-order valence-electron chi connectivity index (χ3n) is 3.71. The Morgan fingerprint density at radius 3 is 2.40 bits per heavy atom. The van der Waals surface area contributed by atoms with Crippen LogP contribution in [-0.4, -0.2) is 24.1 Å². The van der Waals surface area contributed by atoms with Crippen LogP contribution in [0.5, 0.6) is 5.75 Å². The molecule has 0 bridgehead atoms. The summed E-state index contributed by atoms with van der Waals surface area (Å²) in [7, 11) is 3.58. The van der Waals surface area contributed by atoms with E-state index >= 15 is 0 Å². The zero-order valence-corrected chi connectivity index (χ0v) is 12.1. The lowest BCUT2D eigenvalue weighted by Gasteiger charge is -2.12. The molecule has 1 saturated carbocycles. The van der Waals surface area contributed by atoms with Crippen molar-refractivity contribution in [2.45, 2.75) is 25.7 Å². The maximum Gasteiger partial charge on any atom is 0.134 e. The molecule has 0 atom stereocenters. The van der Waals surface area contributed by atoms with E-state index in [9.17, 15) is 0 Å². The molecule has 1 aromatic heterocycles. The van der Waals surface area contributed by atoms with E-state index in [4.69, 9.17) is 9.72 Å². The van der Waals surface area contributed by atoms with Gasteiger partial charge in [0.15, 0.2) is 0 Å². The minimum Gasteiger partial charge on any atom is -0.497 e. The van der Waals surface area contributed by atoms with Crippen LogP contribution in [0.15, 0.2) is 24.3 Å². The van der Waals surface area contributed by atoms with Crippen molar-refractivity contribution in [3.05, 3.63) is 35.7 Å². The summed E-state index contributed by atoms with van der Waals surface area (Å²) >= 11 is 0. The van der Waals surface area contributed by atoms with E-state index in [1.54, 1.807) is 7.11 Å². The van der Waals surface area contributed by atoms with Crippen molar-refractivity contribution in [1.29, 1.82) is 0 Å². The summed E-state index contributed by atoms with van der Waals surface area (Å²) in [5.74, 6) is 3.29. The average Bonchev–Trinajstić information content (AvgIpc) is 3.32. The fourth-order valence-corrected chi connectivity index (χ4v) is 2.33. The summed E-state index contributed by atoms with van der Waals surface area (Å²) < 4.78 is 5.21. The molecule has 1 aromatic carbocycles. The number of aromatic nitrogens is 2. The molecule has 1 heterocycles. The zero-order valence-electron chi connectivity index (χ0n) is 12.1. The summed E-state index contributed by atoms with van der Waals surface area (Å²) in [6, 6.07) is 8.02. The molecule has 0 unspecified atom stereocenters. The van der Waals surface area contributed by atoms with Crippen LogP contribution in [0.25, 0.3) is 11.3 Å². The number of nitrogens with one attached hydrogen (secondary N) is 1. The zero-order chi connectivity index (χ0) is 14.1. The molecule has 4 nitrogen and oxygen atoms in total. The van der Waals surface area contributed by atoms with Crippen LogP contribution >= 0.6 is 0 Å². The Kier molecular flexibility index (Phi) is 3.30. The van der Waals surface area contributed by atoms with Gasteiger partial charge in [0.2, 0.25) is 0 Å². The first-order valence-electron chi connectivity index (χ1n) is 6.93. The fraction of sp³-hybridized carbons (Fsp3) is 0.375. The van der Waals surface area contributed by atoms with Gasteiger partial charge in [-0.25, -0.2) is 9.97 Å². The third-order valence-corrected chi connectivity index (χ3v) is 3.71. The molecule has 1 aliphatic carbocycles. The Hall–Kier alpha value is -2.10. The van der Waals surface area contributed by atoms with E-state index in [1.165, 1.54) is 12.8 Å². The summed E-state index contributed by atoms with van der Waals surface area (Å²) in [5, 5.41) is 3.18. The fourth-order valence-electron chi connectivity index (χ4n) is 2.33. The molecule has 2 aromatic rings. The van der Waals surface area contributed by atoms with Crippen molar-refractivity contribution in [2.24, 2.45) is 0 Å². The van der Waals surface area contributed by atoms with Gasteiger partial charge in [-0.15, -0.1) is 0 Å². The lowest BCUT2D eigenvalue weighted by Crippen LogP contribution is -2.04. The van der Waals surface area contributed by atoms with E-state index in [1.807, 2.05) is 31.3 Å². The van der Waals surface area contributed by atoms with Crippen LogP contribution in [0.3, 0.4) is 0 Å². The summed E-state index contributed by atoms with van der Waals surface area (Å²) in [4.78, 5) is 9.40. The first kappa shape index (κ1) is 12.9. The molecule has 4 heteroatoms. The second-order valence-corrected chi connectivity index (χ2v) is 5.16. The van der Waals surface area contributed by atoms with Gasteiger partial charge in [0.1, 0.15) is 17.4 Å². The van der Waals surface area contributed by atoms with Gasteiger partial charge >= 0.3 is 0 Å². The largest absolute Gasteiger partial charge is 0.497 e. The van der Waals surface area contributed by atoms with Gasteiger partial charge in [-0.05, 0) is 44.0 Å². The molecule has 0 saturated heterocycles. The second-order valence-electron chi connectivity index (χ2n) is 5.16. The highest BCUT2D eigenvalue weighted by molar-refractivity contribution is 5.68. The van der Waals surface area contributed by atoms with Crippen molar-refractivity contribution >= 4 is 5.82 Å². The molecule has 3 rings (SSSR count). The van der Waals surface area contributed by atoms with Gasteiger partial charge in [-0.1, -0.05) is 0 Å². The van der Waals surface area contributed by atoms with E-state index in [-0.39, 0.29) is 0 Å². The molecule has 104 valence electrons. The topological polar surface area (TPSA) is 47.0 Å². The van der Waals surface area contributed by atoms with Crippen molar-refractivity contribution in [2.75, 3.05) is 19.5 Å². The van der Waals surface area contributed by atoms with Gasteiger partial charge in [0.05, 0.1) is 12.8 Å². The van der Waals surface area contributed by atoms with Crippen molar-refractivity contribution in [3.8, 4) is 17.0 Å². The van der Waals surface area contributed by atoms with Crippen LogP contribution in [0.4, 0.5) is 5.82 Å². The minimum atomic E-state index is 0.541. The Morgan fingerprint density at radius 1 is 1.15 bits per heavy atom. The first-order valence-corrected chi connectivity index (χ1v) is 6.93. The Bertz CT molecular complexity index is 618. The number of benzene rings is 1. The normalized spacial score (nSPS) is 14.2. The number of ether oxygens (including phenoxy) is 1. The quantitative estimate of drug-likeness (QED) is 0.924. The van der Waals surface area contributed by atoms with Crippen LogP contribution < -0.4 is 10.1 Å². The van der Waals surface area contributed by atoms with Gasteiger partial charge < -0.3 is 10.1 Å². The van der Waals surface area contributed by atoms with Crippen LogP contribution in [0.1, 0.15) is 30.1 Å². The van der Waals surface area contributed by atoms with Crippen LogP contribution in [0.2, 0.25) is 0 Å². The molecule has 0 spiro atoms. The molecule has 0 amide bonds. The smallest absolute Gasteiger partial charge is 0.134 e. The maximum absolute atomic E-state index is 5.21. The van der Waals surface area contributed by atoms with Crippen molar-refractivity contribution in [1.82, 2.24) is 9.97 Å². The van der Waals surface area contributed by atoms with E-state index in [0.717, 1.165) is 34.2 Å². The molecule has 1 fully saturated rings. The molecule has 20 heavy (non-hydrogen) atoms. The highest BCUT2D eigenvalue weighted by Crippen LogP contribution is 2.40. The van der Waals surface area contributed by atoms with Crippen molar-refractivity contribution in [3.63, 3.8) is 0 Å². The lowest BCUT2D eigenvalue weighted by atomic mass is 10.1. The predicted molar refractivity (Wildman–Crippen MR) is 80.3 cm³/mol. The number of methoxy groups -OCH3 is 1. The molecule has 1 N–H and O–H groups in total. The van der Waals surface area contributed by atoms with Gasteiger partial charge in [-0.2, -0.15) is 0 Å². The maximum atomic E-state index is 5.21. The number of hydrogen-bond donors (Lipinski definition) is 1. The van der Waals surface area contributed by atoms with E-state index < -0.39 is 0 Å². The summed E-state index contributed by atoms with van der Waals surface area (Å²) in [6.07, 6.45) is 2.41. The molecule has 1 aliphatic rings. The first-order chi connectivity index (χ1) is 9.72. The SMILES string of the molecule is CNc1nc(C2CC2)nc(-c2ccc(OC)cc2)c1C. The highest BCUT2D eigenvalue weighted by Gasteiger charge is 2.28. The second kappa shape index (κ2) is 5.12. The van der Waals surface area contributed by atoms with Gasteiger partial charge in [-0.3, -0.25) is 0 Å². The standard InChI is InChI=1S/C16H19N3O/c1-10-14(11-6-8-13(20-3)9-7-11)18-16(12-4-5-12)19-15(10)17-2/h6-9,12H,4-5H2,1-3H3,(H,17,18,19). The van der Waals surface area contributed by atoms with Gasteiger partial charge in [0.25, 0.3) is 0 Å². The van der Waals surface area contributed by atoms with Crippen LogP contribution in [0, 0.1) is 6.92 Å². The number of nitrogens with zero attached hydrogens (tertiary/aromatic N) is 2. The van der Waals surface area contributed by atoms with E-state index in [0.29, 0.717) is 5.92 Å². The molecule has 0 aliphatic heterocycles. The van der Waals surface area contributed by atoms with Gasteiger partial charge in [0, 0.05) is 24.1 Å². The Labute approximate surface area is 119 Å². The predicted octanol–water partition coefficient (Wildman–Crippen LogP) is 3.38. The Balaban J connectivity index is 2.07. The average molecular weight is 269 g/mol. The van der Waals surface area contributed by atoms with Crippen LogP contribution in [-0.2, 0) is 0 Å². The number of rotatable bonds is 4. The molecular weight excluding hydrogens is 250 g/mol. The Morgan fingerprint density at radius 2 is 1.85 bits per heavy atom. The highest BCUT2D eigenvalue weighted by atomic mass is 16.5. The number of anilines is 1. The van der Waals surface area contributed by atoms with E-state index in [2.05, 4.69) is 17.2 Å². The molecular formula is C16H19N3O.